The quantitative estimate of drug-likeness (QED) is 0.711. The molecule has 7 heteroatoms. The van der Waals surface area contributed by atoms with Crippen LogP contribution in [-0.2, 0) is 6.54 Å². The van der Waals surface area contributed by atoms with Gasteiger partial charge in [-0.15, -0.1) is 0 Å². The summed E-state index contributed by atoms with van der Waals surface area (Å²) in [4.78, 5) is 23.8. The topological polar surface area (TPSA) is 68.3 Å². The number of nitrogens with zero attached hydrogens (tertiary/aromatic N) is 6. The first kappa shape index (κ1) is 16.5. The second-order valence-corrected chi connectivity index (χ2v) is 7.88. The van der Waals surface area contributed by atoms with Gasteiger partial charge >= 0.3 is 0 Å². The van der Waals surface area contributed by atoms with E-state index in [1.807, 2.05) is 23.8 Å². The molecule has 0 atom stereocenters. The van der Waals surface area contributed by atoms with Gasteiger partial charge in [-0.1, -0.05) is 0 Å². The number of hydrogen-bond donors (Lipinski definition) is 0. The minimum Gasteiger partial charge on any atom is -0.355 e. The maximum Gasteiger partial charge on any atom is 0.253 e. The third kappa shape index (κ3) is 3.22. The molecule has 4 heterocycles. The van der Waals surface area contributed by atoms with Crippen LogP contribution in [0.15, 0.2) is 35.6 Å². The van der Waals surface area contributed by atoms with Crippen LogP contribution in [0.4, 0.5) is 5.82 Å². The van der Waals surface area contributed by atoms with Gasteiger partial charge in [0.05, 0.1) is 17.7 Å². The molecule has 0 radical (unpaired) electrons. The third-order valence-corrected chi connectivity index (χ3v) is 5.76. The predicted octanol–water partition coefficient (Wildman–Crippen LogP) is 2.39. The fourth-order valence-electron chi connectivity index (χ4n) is 4.06. The van der Waals surface area contributed by atoms with Crippen LogP contribution < -0.4 is 10.5 Å². The summed E-state index contributed by atoms with van der Waals surface area (Å²) in [5.41, 5.74) is 3.13. The molecule has 0 N–H and O–H groups in total. The number of fused-ring (bicyclic) bond motifs is 1. The highest BCUT2D eigenvalue weighted by Crippen LogP contribution is 2.38. The highest BCUT2D eigenvalue weighted by atomic mass is 16.1. The zero-order valence-electron chi connectivity index (χ0n) is 15.6. The zero-order valence-corrected chi connectivity index (χ0v) is 15.6. The Kier molecular flexibility index (Phi) is 3.95. The smallest absolute Gasteiger partial charge is 0.253 e. The van der Waals surface area contributed by atoms with E-state index in [-0.39, 0.29) is 5.56 Å². The number of rotatable bonds is 4. The fraction of sp³-hybridized carbons (Fsp3) is 0.500. The number of aryl methyl sites for hydroxylation is 1. The van der Waals surface area contributed by atoms with Gasteiger partial charge in [0.1, 0.15) is 5.52 Å². The molecule has 3 aromatic rings. The monoisotopic (exact) mass is 364 g/mol. The average molecular weight is 364 g/mol. The molecule has 5 rings (SSSR count). The predicted molar refractivity (Wildman–Crippen MR) is 103 cm³/mol. The van der Waals surface area contributed by atoms with Gasteiger partial charge in [0, 0.05) is 44.0 Å². The van der Waals surface area contributed by atoms with Crippen LogP contribution in [-0.4, -0.2) is 37.2 Å². The standard InChI is InChI=1S/C20H24N6O/c1-14-10-18-20(21-6-9-26(18)23-14)24-7-4-15(5-8-24)12-25-13-22-17(11-19(25)27)16-2-3-16/h6,9-11,13,15-16H,2-5,7-8,12H2,1H3. The van der Waals surface area contributed by atoms with E-state index in [9.17, 15) is 4.79 Å². The van der Waals surface area contributed by atoms with E-state index in [1.54, 1.807) is 17.0 Å². The lowest BCUT2D eigenvalue weighted by Crippen LogP contribution is -2.37. The first-order valence-electron chi connectivity index (χ1n) is 9.80. The Morgan fingerprint density at radius 3 is 2.67 bits per heavy atom. The van der Waals surface area contributed by atoms with Gasteiger partial charge in [-0.2, -0.15) is 5.10 Å². The van der Waals surface area contributed by atoms with Crippen molar-refractivity contribution >= 4 is 11.3 Å². The van der Waals surface area contributed by atoms with E-state index in [4.69, 9.17) is 0 Å². The molecule has 0 unspecified atom stereocenters. The Labute approximate surface area is 157 Å². The highest BCUT2D eigenvalue weighted by Gasteiger charge is 2.26. The van der Waals surface area contributed by atoms with Crippen LogP contribution in [0.2, 0.25) is 0 Å². The molecule has 0 bridgehead atoms. The van der Waals surface area contributed by atoms with Gasteiger partial charge < -0.3 is 4.90 Å². The minimum atomic E-state index is 0.0931. The summed E-state index contributed by atoms with van der Waals surface area (Å²) in [5, 5.41) is 4.48. The molecule has 1 saturated heterocycles. The molecular formula is C20H24N6O. The van der Waals surface area contributed by atoms with Crippen molar-refractivity contribution in [2.45, 2.75) is 45.1 Å². The van der Waals surface area contributed by atoms with E-state index in [0.717, 1.165) is 55.2 Å². The van der Waals surface area contributed by atoms with E-state index < -0.39 is 0 Å². The van der Waals surface area contributed by atoms with Crippen molar-refractivity contribution in [3.63, 3.8) is 0 Å². The Hall–Kier alpha value is -2.70. The van der Waals surface area contributed by atoms with E-state index in [0.29, 0.717) is 11.8 Å². The lowest BCUT2D eigenvalue weighted by molar-refractivity contribution is 0.350. The molecular weight excluding hydrogens is 340 g/mol. The summed E-state index contributed by atoms with van der Waals surface area (Å²) in [7, 11) is 0. The molecule has 0 amide bonds. The van der Waals surface area contributed by atoms with E-state index in [1.165, 1.54) is 12.8 Å². The molecule has 7 nitrogen and oxygen atoms in total. The number of anilines is 1. The van der Waals surface area contributed by atoms with Crippen molar-refractivity contribution in [2.24, 2.45) is 5.92 Å². The second kappa shape index (κ2) is 6.48. The molecule has 140 valence electrons. The maximum absolute atomic E-state index is 12.4. The summed E-state index contributed by atoms with van der Waals surface area (Å²) in [6.45, 7) is 4.66. The highest BCUT2D eigenvalue weighted by molar-refractivity contribution is 5.69. The largest absolute Gasteiger partial charge is 0.355 e. The van der Waals surface area contributed by atoms with Gasteiger partial charge in [-0.25, -0.2) is 14.5 Å². The summed E-state index contributed by atoms with van der Waals surface area (Å²) < 4.78 is 3.68. The van der Waals surface area contributed by atoms with Gasteiger partial charge in [0.2, 0.25) is 0 Å². The van der Waals surface area contributed by atoms with Crippen molar-refractivity contribution in [1.29, 1.82) is 0 Å². The number of piperidine rings is 1. The average Bonchev–Trinajstić information content (AvgIpc) is 3.44. The Balaban J connectivity index is 1.27. The van der Waals surface area contributed by atoms with Crippen LogP contribution in [0.3, 0.4) is 0 Å². The fourth-order valence-corrected chi connectivity index (χ4v) is 4.06. The van der Waals surface area contributed by atoms with Crippen LogP contribution in [0.25, 0.3) is 5.52 Å². The van der Waals surface area contributed by atoms with Gasteiger partial charge in [-0.05, 0) is 44.6 Å². The van der Waals surface area contributed by atoms with Crippen LogP contribution in [0.5, 0.6) is 0 Å². The van der Waals surface area contributed by atoms with Crippen molar-refractivity contribution in [3.05, 3.63) is 52.6 Å². The summed E-state index contributed by atoms with van der Waals surface area (Å²) in [6.07, 6.45) is 9.90. The number of hydrogen-bond acceptors (Lipinski definition) is 5. The van der Waals surface area contributed by atoms with E-state index >= 15 is 0 Å². The normalized spacial score (nSPS) is 18.3. The second-order valence-electron chi connectivity index (χ2n) is 7.88. The Morgan fingerprint density at radius 1 is 1.11 bits per heavy atom. The third-order valence-electron chi connectivity index (χ3n) is 5.76. The van der Waals surface area contributed by atoms with Crippen LogP contribution >= 0.6 is 0 Å². The first-order chi connectivity index (χ1) is 13.2. The van der Waals surface area contributed by atoms with Crippen LogP contribution in [0, 0.1) is 12.8 Å². The van der Waals surface area contributed by atoms with Crippen molar-refractivity contribution in [3.8, 4) is 0 Å². The molecule has 1 saturated carbocycles. The summed E-state index contributed by atoms with van der Waals surface area (Å²) >= 11 is 0. The van der Waals surface area contributed by atoms with Crippen molar-refractivity contribution < 1.29 is 0 Å². The molecule has 2 fully saturated rings. The van der Waals surface area contributed by atoms with E-state index in [2.05, 4.69) is 26.0 Å². The lowest BCUT2D eigenvalue weighted by Gasteiger charge is -2.33. The molecule has 0 spiro atoms. The summed E-state index contributed by atoms with van der Waals surface area (Å²) in [5.74, 6) is 2.03. The summed E-state index contributed by atoms with van der Waals surface area (Å²) in [6, 6.07) is 3.82. The van der Waals surface area contributed by atoms with Gasteiger partial charge in [0.25, 0.3) is 5.56 Å². The van der Waals surface area contributed by atoms with Gasteiger partial charge in [-0.3, -0.25) is 9.36 Å². The molecule has 2 aliphatic rings. The molecule has 0 aromatic carbocycles. The molecule has 1 aliphatic heterocycles. The van der Waals surface area contributed by atoms with Gasteiger partial charge in [0.15, 0.2) is 5.82 Å². The van der Waals surface area contributed by atoms with Crippen molar-refractivity contribution in [2.75, 3.05) is 18.0 Å². The van der Waals surface area contributed by atoms with Crippen LogP contribution in [0.1, 0.15) is 43.0 Å². The SMILES string of the molecule is Cc1cc2c(N3CCC(Cn4cnc(C5CC5)cc4=O)CC3)nccn2n1. The zero-order chi connectivity index (χ0) is 18.4. The molecule has 27 heavy (non-hydrogen) atoms. The molecule has 3 aromatic heterocycles. The minimum absolute atomic E-state index is 0.0931. The lowest BCUT2D eigenvalue weighted by atomic mass is 9.96. The van der Waals surface area contributed by atoms with Crippen molar-refractivity contribution in [1.82, 2.24) is 24.1 Å². The Bertz CT molecular complexity index is 1030. The Morgan fingerprint density at radius 2 is 1.93 bits per heavy atom. The maximum atomic E-state index is 12.4. The first-order valence-corrected chi connectivity index (χ1v) is 9.80. The molecule has 1 aliphatic carbocycles. The number of aromatic nitrogens is 5.